The van der Waals surface area contributed by atoms with Gasteiger partial charge in [-0.25, -0.2) is 0 Å². The molecule has 0 N–H and O–H groups in total. The quantitative estimate of drug-likeness (QED) is 0.454. The van der Waals surface area contributed by atoms with E-state index in [-0.39, 0.29) is 0 Å². The average molecular weight is 382 g/mol. The van der Waals surface area contributed by atoms with Crippen LogP contribution in [0.2, 0.25) is 0 Å². The van der Waals surface area contributed by atoms with E-state index in [1.54, 1.807) is 0 Å². The summed E-state index contributed by atoms with van der Waals surface area (Å²) in [4.78, 5) is 0. The normalized spacial score (nSPS) is 16.9. The molecule has 21 heavy (non-hydrogen) atoms. The SMILES string of the molecule is Ic1cccc(C2CC=Cc3cc4ccccc4cc32)c1. The first-order valence-corrected chi connectivity index (χ1v) is 8.34. The summed E-state index contributed by atoms with van der Waals surface area (Å²) < 4.78 is 1.31. The summed E-state index contributed by atoms with van der Waals surface area (Å²) in [5.74, 6) is 0.476. The lowest BCUT2D eigenvalue weighted by molar-refractivity contribution is 0.820. The number of allylic oxidation sites excluding steroid dienone is 1. The third-order valence-corrected chi connectivity index (χ3v) is 4.92. The van der Waals surface area contributed by atoms with Crippen molar-refractivity contribution in [3.63, 3.8) is 0 Å². The van der Waals surface area contributed by atoms with Crippen molar-refractivity contribution in [1.82, 2.24) is 0 Å². The van der Waals surface area contributed by atoms with Gasteiger partial charge < -0.3 is 0 Å². The van der Waals surface area contributed by atoms with Crippen LogP contribution >= 0.6 is 22.6 Å². The summed E-state index contributed by atoms with van der Waals surface area (Å²) in [5, 5.41) is 2.66. The Bertz CT molecular complexity index is 845. The summed E-state index contributed by atoms with van der Waals surface area (Å²) in [6.45, 7) is 0. The van der Waals surface area contributed by atoms with Crippen molar-refractivity contribution in [1.29, 1.82) is 0 Å². The summed E-state index contributed by atoms with van der Waals surface area (Å²) in [6, 6.07) is 22.2. The highest BCUT2D eigenvalue weighted by atomic mass is 127. The van der Waals surface area contributed by atoms with E-state index >= 15 is 0 Å². The van der Waals surface area contributed by atoms with Gasteiger partial charge in [0.1, 0.15) is 0 Å². The van der Waals surface area contributed by atoms with Gasteiger partial charge in [-0.05, 0) is 80.7 Å². The van der Waals surface area contributed by atoms with Crippen molar-refractivity contribution < 1.29 is 0 Å². The standard InChI is InChI=1S/C20H15I/c21-18-9-3-7-17(12-18)19-10-4-8-16-11-14-5-1-2-6-15(14)13-20(16)19/h1-9,11-13,19H,10H2. The monoisotopic (exact) mass is 382 g/mol. The minimum atomic E-state index is 0.476. The zero-order chi connectivity index (χ0) is 14.2. The molecular weight excluding hydrogens is 367 g/mol. The average Bonchev–Trinajstić information content (AvgIpc) is 2.52. The molecule has 0 saturated heterocycles. The van der Waals surface area contributed by atoms with E-state index in [9.17, 15) is 0 Å². The molecule has 0 saturated carbocycles. The van der Waals surface area contributed by atoms with Crippen LogP contribution in [0.1, 0.15) is 29.0 Å². The van der Waals surface area contributed by atoms with Crippen molar-refractivity contribution in [2.75, 3.05) is 0 Å². The van der Waals surface area contributed by atoms with Gasteiger partial charge >= 0.3 is 0 Å². The molecule has 3 aromatic carbocycles. The third kappa shape index (κ3) is 2.40. The van der Waals surface area contributed by atoms with Crippen molar-refractivity contribution in [2.24, 2.45) is 0 Å². The Labute approximate surface area is 138 Å². The van der Waals surface area contributed by atoms with Crippen molar-refractivity contribution >= 4 is 39.4 Å². The number of rotatable bonds is 1. The molecule has 0 nitrogen and oxygen atoms in total. The number of halogens is 1. The fraction of sp³-hybridized carbons (Fsp3) is 0.100. The number of hydrogen-bond donors (Lipinski definition) is 0. The van der Waals surface area contributed by atoms with Gasteiger partial charge in [-0.2, -0.15) is 0 Å². The van der Waals surface area contributed by atoms with E-state index in [0.717, 1.165) is 6.42 Å². The lowest BCUT2D eigenvalue weighted by Gasteiger charge is -2.23. The van der Waals surface area contributed by atoms with Gasteiger partial charge in [0.25, 0.3) is 0 Å². The Morgan fingerprint density at radius 2 is 1.67 bits per heavy atom. The zero-order valence-electron chi connectivity index (χ0n) is 11.6. The first kappa shape index (κ1) is 13.1. The van der Waals surface area contributed by atoms with E-state index in [1.165, 1.54) is 31.0 Å². The Morgan fingerprint density at radius 3 is 2.48 bits per heavy atom. The van der Waals surface area contributed by atoms with E-state index < -0.39 is 0 Å². The maximum absolute atomic E-state index is 2.40. The maximum Gasteiger partial charge on any atom is 0.0133 e. The van der Waals surface area contributed by atoms with Crippen LogP contribution in [0.3, 0.4) is 0 Å². The lowest BCUT2D eigenvalue weighted by atomic mass is 9.81. The second kappa shape index (κ2) is 5.30. The van der Waals surface area contributed by atoms with Gasteiger partial charge in [-0.1, -0.05) is 48.6 Å². The van der Waals surface area contributed by atoms with Crippen molar-refractivity contribution in [2.45, 2.75) is 12.3 Å². The molecule has 1 aliphatic rings. The Balaban J connectivity index is 1.91. The lowest BCUT2D eigenvalue weighted by Crippen LogP contribution is -2.06. The molecule has 0 bridgehead atoms. The Hall–Kier alpha value is -1.61. The molecule has 1 aliphatic carbocycles. The Morgan fingerprint density at radius 1 is 0.857 bits per heavy atom. The van der Waals surface area contributed by atoms with E-state index in [1.807, 2.05) is 0 Å². The molecule has 0 heterocycles. The third-order valence-electron chi connectivity index (χ3n) is 4.25. The minimum absolute atomic E-state index is 0.476. The second-order valence-corrected chi connectivity index (χ2v) is 6.82. The summed E-state index contributed by atoms with van der Waals surface area (Å²) in [5.41, 5.74) is 4.24. The molecule has 0 aromatic heterocycles. The highest BCUT2D eigenvalue weighted by molar-refractivity contribution is 14.1. The molecule has 0 amide bonds. The molecule has 0 fully saturated rings. The van der Waals surface area contributed by atoms with Crippen LogP contribution in [0, 0.1) is 3.57 Å². The van der Waals surface area contributed by atoms with Crippen LogP contribution < -0.4 is 0 Å². The minimum Gasteiger partial charge on any atom is -0.0830 e. The molecule has 4 rings (SSSR count). The second-order valence-electron chi connectivity index (χ2n) is 5.57. The fourth-order valence-electron chi connectivity index (χ4n) is 3.22. The molecule has 1 unspecified atom stereocenters. The summed E-state index contributed by atoms with van der Waals surface area (Å²) in [6.07, 6.45) is 5.67. The van der Waals surface area contributed by atoms with Crippen molar-refractivity contribution in [3.8, 4) is 0 Å². The van der Waals surface area contributed by atoms with Crippen LogP contribution in [-0.4, -0.2) is 0 Å². The van der Waals surface area contributed by atoms with Gasteiger partial charge in [0.2, 0.25) is 0 Å². The smallest absolute Gasteiger partial charge is 0.0133 e. The van der Waals surface area contributed by atoms with Crippen LogP contribution in [0.25, 0.3) is 16.8 Å². The van der Waals surface area contributed by atoms with Gasteiger partial charge in [-0.3, -0.25) is 0 Å². The van der Waals surface area contributed by atoms with Crippen LogP contribution in [0.4, 0.5) is 0 Å². The van der Waals surface area contributed by atoms with Crippen molar-refractivity contribution in [3.05, 3.63) is 87.0 Å². The van der Waals surface area contributed by atoms with E-state index in [2.05, 4.69) is 95.4 Å². The predicted octanol–water partition coefficient (Wildman–Crippen LogP) is 5.99. The zero-order valence-corrected chi connectivity index (χ0v) is 13.7. The first-order chi connectivity index (χ1) is 10.3. The first-order valence-electron chi connectivity index (χ1n) is 7.26. The number of hydrogen-bond acceptors (Lipinski definition) is 0. The highest BCUT2D eigenvalue weighted by Crippen LogP contribution is 2.37. The van der Waals surface area contributed by atoms with Gasteiger partial charge in [-0.15, -0.1) is 0 Å². The van der Waals surface area contributed by atoms with Gasteiger partial charge in [0.15, 0.2) is 0 Å². The fourth-order valence-corrected chi connectivity index (χ4v) is 3.79. The summed E-state index contributed by atoms with van der Waals surface area (Å²) in [7, 11) is 0. The summed E-state index contributed by atoms with van der Waals surface area (Å²) >= 11 is 2.40. The maximum atomic E-state index is 2.40. The largest absolute Gasteiger partial charge is 0.0830 e. The van der Waals surface area contributed by atoms with Gasteiger partial charge in [0, 0.05) is 9.49 Å². The molecular formula is C20H15I. The predicted molar refractivity (Wildman–Crippen MR) is 98.6 cm³/mol. The van der Waals surface area contributed by atoms with Gasteiger partial charge in [0.05, 0.1) is 0 Å². The highest BCUT2D eigenvalue weighted by Gasteiger charge is 2.19. The number of benzene rings is 3. The molecule has 1 atom stereocenters. The number of fused-ring (bicyclic) bond motifs is 2. The molecule has 0 radical (unpaired) electrons. The molecule has 1 heteroatoms. The van der Waals surface area contributed by atoms with Crippen LogP contribution in [-0.2, 0) is 0 Å². The molecule has 102 valence electrons. The Kier molecular flexibility index (Phi) is 3.30. The molecule has 3 aromatic rings. The molecule has 0 aliphatic heterocycles. The van der Waals surface area contributed by atoms with E-state index in [0.29, 0.717) is 5.92 Å². The topological polar surface area (TPSA) is 0 Å². The molecule has 0 spiro atoms. The van der Waals surface area contributed by atoms with E-state index in [4.69, 9.17) is 0 Å². The van der Waals surface area contributed by atoms with Crippen LogP contribution in [0.5, 0.6) is 0 Å². The van der Waals surface area contributed by atoms with Crippen LogP contribution in [0.15, 0.2) is 66.7 Å².